The third-order valence-corrected chi connectivity index (χ3v) is 4.03. The fourth-order valence-corrected chi connectivity index (χ4v) is 2.53. The Morgan fingerprint density at radius 1 is 1.37 bits per heavy atom. The second-order valence-electron chi connectivity index (χ2n) is 5.70. The van der Waals surface area contributed by atoms with Crippen LogP contribution in [0.25, 0.3) is 0 Å². The number of carbonyl (C=O) groups is 1. The molecule has 0 saturated carbocycles. The van der Waals surface area contributed by atoms with E-state index in [2.05, 4.69) is 36.6 Å². The van der Waals surface area contributed by atoms with Crippen molar-refractivity contribution in [1.82, 2.24) is 10.6 Å². The average molecular weight is 260 g/mol. The Bertz CT molecular complexity index is 413. The van der Waals surface area contributed by atoms with Gasteiger partial charge in [-0.15, -0.1) is 0 Å². The molecule has 3 nitrogen and oxygen atoms in total. The largest absolute Gasteiger partial charge is 0.355 e. The van der Waals surface area contributed by atoms with Crippen molar-refractivity contribution in [3.63, 3.8) is 0 Å². The van der Waals surface area contributed by atoms with Crippen molar-refractivity contribution in [1.29, 1.82) is 0 Å². The number of piperidine rings is 1. The molecule has 1 saturated heterocycles. The van der Waals surface area contributed by atoms with Crippen LogP contribution in [-0.4, -0.2) is 25.5 Å². The first kappa shape index (κ1) is 14.1. The smallest absolute Gasteiger partial charge is 0.224 e. The molecule has 0 radical (unpaired) electrons. The van der Waals surface area contributed by atoms with E-state index in [0.717, 1.165) is 25.2 Å². The van der Waals surface area contributed by atoms with Crippen LogP contribution in [0.3, 0.4) is 0 Å². The molecule has 0 spiro atoms. The van der Waals surface area contributed by atoms with Crippen molar-refractivity contribution < 1.29 is 4.79 Å². The van der Waals surface area contributed by atoms with Crippen LogP contribution >= 0.6 is 0 Å². The Hall–Kier alpha value is -1.35. The van der Waals surface area contributed by atoms with Crippen LogP contribution in [0.4, 0.5) is 0 Å². The van der Waals surface area contributed by atoms with E-state index < -0.39 is 0 Å². The summed E-state index contributed by atoms with van der Waals surface area (Å²) in [4.78, 5) is 11.9. The van der Waals surface area contributed by atoms with Gasteiger partial charge in [0.2, 0.25) is 5.91 Å². The highest BCUT2D eigenvalue weighted by atomic mass is 16.1. The second kappa shape index (κ2) is 6.71. The van der Waals surface area contributed by atoms with Crippen molar-refractivity contribution in [2.75, 3.05) is 19.6 Å². The van der Waals surface area contributed by atoms with Gasteiger partial charge in [-0.05, 0) is 43.8 Å². The monoisotopic (exact) mass is 260 g/mol. The summed E-state index contributed by atoms with van der Waals surface area (Å²) in [5.74, 6) is 1.39. The molecule has 0 aliphatic carbocycles. The molecule has 2 unspecified atom stereocenters. The molecule has 19 heavy (non-hydrogen) atoms. The van der Waals surface area contributed by atoms with Gasteiger partial charge in [-0.1, -0.05) is 36.8 Å². The maximum atomic E-state index is 11.9. The molecular weight excluding hydrogens is 236 g/mol. The fraction of sp³-hybridized carbons (Fsp3) is 0.562. The van der Waals surface area contributed by atoms with Crippen molar-refractivity contribution in [2.24, 2.45) is 11.8 Å². The predicted octanol–water partition coefficient (Wildman–Crippen LogP) is 1.90. The number of rotatable bonds is 4. The topological polar surface area (TPSA) is 41.1 Å². The quantitative estimate of drug-likeness (QED) is 0.868. The number of carbonyl (C=O) groups excluding carboxylic acids is 1. The van der Waals surface area contributed by atoms with E-state index in [0.29, 0.717) is 18.3 Å². The Morgan fingerprint density at radius 3 is 2.79 bits per heavy atom. The minimum absolute atomic E-state index is 0.127. The molecule has 2 N–H and O–H groups in total. The standard InChI is InChI=1S/C16H24N2O/c1-12-3-5-14(6-4-12)9-16(19)18-11-15-10-17-8-7-13(15)2/h3-6,13,15,17H,7-11H2,1-2H3,(H,18,19). The van der Waals surface area contributed by atoms with Crippen LogP contribution in [0.15, 0.2) is 24.3 Å². The van der Waals surface area contributed by atoms with E-state index in [9.17, 15) is 4.79 Å². The Morgan fingerprint density at radius 2 is 2.11 bits per heavy atom. The minimum Gasteiger partial charge on any atom is -0.355 e. The van der Waals surface area contributed by atoms with Crippen LogP contribution in [-0.2, 0) is 11.2 Å². The molecule has 1 heterocycles. The molecule has 1 fully saturated rings. The zero-order valence-corrected chi connectivity index (χ0v) is 11.9. The van der Waals surface area contributed by atoms with E-state index in [1.54, 1.807) is 0 Å². The summed E-state index contributed by atoms with van der Waals surface area (Å²) in [6, 6.07) is 8.16. The number of benzene rings is 1. The molecule has 2 atom stereocenters. The summed E-state index contributed by atoms with van der Waals surface area (Å²) in [5, 5.41) is 6.46. The van der Waals surface area contributed by atoms with Gasteiger partial charge in [-0.3, -0.25) is 4.79 Å². The highest BCUT2D eigenvalue weighted by molar-refractivity contribution is 5.78. The van der Waals surface area contributed by atoms with Crippen LogP contribution < -0.4 is 10.6 Å². The van der Waals surface area contributed by atoms with Gasteiger partial charge >= 0.3 is 0 Å². The first-order valence-corrected chi connectivity index (χ1v) is 7.18. The molecule has 1 aromatic rings. The predicted molar refractivity (Wildman–Crippen MR) is 78.0 cm³/mol. The third kappa shape index (κ3) is 4.35. The van der Waals surface area contributed by atoms with E-state index in [1.807, 2.05) is 12.1 Å². The van der Waals surface area contributed by atoms with E-state index in [4.69, 9.17) is 0 Å². The lowest BCUT2D eigenvalue weighted by atomic mass is 9.88. The number of amides is 1. The summed E-state index contributed by atoms with van der Waals surface area (Å²) in [6.45, 7) is 7.25. The Balaban J connectivity index is 1.76. The third-order valence-electron chi connectivity index (χ3n) is 4.03. The van der Waals surface area contributed by atoms with Crippen LogP contribution in [0.5, 0.6) is 0 Å². The minimum atomic E-state index is 0.127. The highest BCUT2D eigenvalue weighted by Gasteiger charge is 2.21. The molecule has 1 aliphatic rings. The highest BCUT2D eigenvalue weighted by Crippen LogP contribution is 2.17. The van der Waals surface area contributed by atoms with Gasteiger partial charge in [0.05, 0.1) is 6.42 Å². The molecule has 1 aliphatic heterocycles. The molecule has 1 aromatic carbocycles. The van der Waals surface area contributed by atoms with E-state index >= 15 is 0 Å². The van der Waals surface area contributed by atoms with Crippen LogP contribution in [0.1, 0.15) is 24.5 Å². The fourth-order valence-electron chi connectivity index (χ4n) is 2.53. The van der Waals surface area contributed by atoms with Gasteiger partial charge in [0.15, 0.2) is 0 Å². The summed E-state index contributed by atoms with van der Waals surface area (Å²) in [7, 11) is 0. The van der Waals surface area contributed by atoms with Crippen LogP contribution in [0.2, 0.25) is 0 Å². The maximum Gasteiger partial charge on any atom is 0.224 e. The van der Waals surface area contributed by atoms with Gasteiger partial charge in [0.1, 0.15) is 0 Å². The number of aryl methyl sites for hydroxylation is 1. The summed E-state index contributed by atoms with van der Waals surface area (Å²) >= 11 is 0. The molecule has 2 rings (SSSR count). The number of nitrogens with one attached hydrogen (secondary N) is 2. The van der Waals surface area contributed by atoms with Gasteiger partial charge in [0, 0.05) is 6.54 Å². The maximum absolute atomic E-state index is 11.9. The lowest BCUT2D eigenvalue weighted by molar-refractivity contribution is -0.120. The van der Waals surface area contributed by atoms with E-state index in [1.165, 1.54) is 12.0 Å². The van der Waals surface area contributed by atoms with Crippen LogP contribution in [0, 0.1) is 18.8 Å². The lowest BCUT2D eigenvalue weighted by Crippen LogP contribution is -2.42. The normalized spacial score (nSPS) is 23.1. The van der Waals surface area contributed by atoms with Crippen molar-refractivity contribution in [2.45, 2.75) is 26.7 Å². The number of hydrogen-bond acceptors (Lipinski definition) is 2. The van der Waals surface area contributed by atoms with Crippen molar-refractivity contribution in [3.8, 4) is 0 Å². The first-order valence-electron chi connectivity index (χ1n) is 7.18. The second-order valence-corrected chi connectivity index (χ2v) is 5.70. The lowest BCUT2D eigenvalue weighted by Gasteiger charge is -2.29. The Labute approximate surface area is 115 Å². The Kier molecular flexibility index (Phi) is 4.97. The zero-order valence-electron chi connectivity index (χ0n) is 11.9. The molecule has 104 valence electrons. The molecule has 0 bridgehead atoms. The summed E-state index contributed by atoms with van der Waals surface area (Å²) in [5.41, 5.74) is 2.31. The van der Waals surface area contributed by atoms with Crippen molar-refractivity contribution in [3.05, 3.63) is 35.4 Å². The van der Waals surface area contributed by atoms with Gasteiger partial charge in [-0.2, -0.15) is 0 Å². The van der Waals surface area contributed by atoms with E-state index in [-0.39, 0.29) is 5.91 Å². The average Bonchev–Trinajstić information content (AvgIpc) is 2.40. The van der Waals surface area contributed by atoms with Gasteiger partial charge in [-0.25, -0.2) is 0 Å². The molecule has 3 heteroatoms. The van der Waals surface area contributed by atoms with Gasteiger partial charge < -0.3 is 10.6 Å². The SMILES string of the molecule is Cc1ccc(CC(=O)NCC2CNCCC2C)cc1. The zero-order chi connectivity index (χ0) is 13.7. The molecule has 1 amide bonds. The number of hydrogen-bond donors (Lipinski definition) is 2. The summed E-state index contributed by atoms with van der Waals surface area (Å²) < 4.78 is 0. The summed E-state index contributed by atoms with van der Waals surface area (Å²) in [6.07, 6.45) is 1.69. The molecule has 0 aromatic heterocycles. The molecular formula is C16H24N2O. The van der Waals surface area contributed by atoms with Crippen molar-refractivity contribution >= 4 is 5.91 Å². The first-order chi connectivity index (χ1) is 9.15. The van der Waals surface area contributed by atoms with Gasteiger partial charge in [0.25, 0.3) is 0 Å².